The van der Waals surface area contributed by atoms with Crippen LogP contribution in [0.2, 0.25) is 0 Å². The number of nitrogen functional groups attached to an aromatic ring is 1. The molecule has 10 heavy (non-hydrogen) atoms. The van der Waals surface area contributed by atoms with Gasteiger partial charge in [0, 0.05) is 24.4 Å². The summed E-state index contributed by atoms with van der Waals surface area (Å²) in [4.78, 5) is 4.19. The molecule has 1 aliphatic rings. The van der Waals surface area contributed by atoms with Crippen molar-refractivity contribution in [2.45, 2.75) is 5.92 Å². The Morgan fingerprint density at radius 3 is 2.90 bits per heavy atom. The third kappa shape index (κ3) is 0.892. The molecule has 3 nitrogen and oxygen atoms in total. The minimum Gasteiger partial charge on any atom is -0.375 e. The fourth-order valence-corrected chi connectivity index (χ4v) is 1.63. The van der Waals surface area contributed by atoms with Crippen molar-refractivity contribution in [2.24, 2.45) is 0 Å². The first-order valence-electron chi connectivity index (χ1n) is 3.28. The number of nitrogens with zero attached hydrogens (tertiary/aromatic N) is 1. The Balaban J connectivity index is 2.17. The molecule has 1 aromatic heterocycles. The van der Waals surface area contributed by atoms with Crippen LogP contribution in [0.5, 0.6) is 0 Å². The number of thiazole rings is 1. The SMILES string of the molecule is Nc1nc(C2CNC2)cs1. The summed E-state index contributed by atoms with van der Waals surface area (Å²) in [6.45, 7) is 2.12. The number of rotatable bonds is 1. The van der Waals surface area contributed by atoms with E-state index < -0.39 is 0 Å². The van der Waals surface area contributed by atoms with Gasteiger partial charge in [-0.1, -0.05) is 0 Å². The Morgan fingerprint density at radius 2 is 2.50 bits per heavy atom. The second-order valence-corrected chi connectivity index (χ2v) is 3.36. The third-order valence-electron chi connectivity index (χ3n) is 1.74. The maximum absolute atomic E-state index is 5.48. The van der Waals surface area contributed by atoms with E-state index in [1.54, 1.807) is 0 Å². The highest BCUT2D eigenvalue weighted by atomic mass is 32.1. The average Bonchev–Trinajstić information content (AvgIpc) is 2.10. The molecule has 0 radical (unpaired) electrons. The minimum absolute atomic E-state index is 0.619. The van der Waals surface area contributed by atoms with E-state index in [1.807, 2.05) is 5.38 Å². The first-order chi connectivity index (χ1) is 4.86. The van der Waals surface area contributed by atoms with Gasteiger partial charge in [0.1, 0.15) is 0 Å². The van der Waals surface area contributed by atoms with Crippen LogP contribution in [-0.2, 0) is 0 Å². The molecule has 0 bridgehead atoms. The number of hydrogen-bond donors (Lipinski definition) is 2. The van der Waals surface area contributed by atoms with Crippen LogP contribution in [0, 0.1) is 0 Å². The number of anilines is 1. The summed E-state index contributed by atoms with van der Waals surface area (Å²) in [5.74, 6) is 0.619. The van der Waals surface area contributed by atoms with E-state index in [0.29, 0.717) is 11.0 Å². The maximum atomic E-state index is 5.48. The van der Waals surface area contributed by atoms with E-state index in [9.17, 15) is 0 Å². The van der Waals surface area contributed by atoms with Crippen LogP contribution in [0.1, 0.15) is 11.6 Å². The van der Waals surface area contributed by atoms with Crippen LogP contribution >= 0.6 is 11.3 Å². The molecule has 0 amide bonds. The zero-order valence-electron chi connectivity index (χ0n) is 5.50. The maximum Gasteiger partial charge on any atom is 0.180 e. The first kappa shape index (κ1) is 6.12. The van der Waals surface area contributed by atoms with E-state index >= 15 is 0 Å². The van der Waals surface area contributed by atoms with Crippen molar-refractivity contribution in [3.8, 4) is 0 Å². The number of nitrogens with two attached hydrogens (primary N) is 1. The highest BCUT2D eigenvalue weighted by Crippen LogP contribution is 2.22. The van der Waals surface area contributed by atoms with Gasteiger partial charge in [0.15, 0.2) is 5.13 Å². The van der Waals surface area contributed by atoms with Crippen LogP contribution in [0.15, 0.2) is 5.38 Å². The number of nitrogens with one attached hydrogen (secondary N) is 1. The summed E-state index contributed by atoms with van der Waals surface area (Å²) in [5, 5.41) is 5.92. The Kier molecular flexibility index (Phi) is 1.35. The van der Waals surface area contributed by atoms with Crippen molar-refractivity contribution in [1.82, 2.24) is 10.3 Å². The summed E-state index contributed by atoms with van der Waals surface area (Å²) in [6.07, 6.45) is 0. The molecule has 0 aromatic carbocycles. The van der Waals surface area contributed by atoms with Crippen molar-refractivity contribution in [3.05, 3.63) is 11.1 Å². The van der Waals surface area contributed by atoms with Crippen molar-refractivity contribution in [1.29, 1.82) is 0 Å². The largest absolute Gasteiger partial charge is 0.375 e. The second kappa shape index (κ2) is 2.21. The van der Waals surface area contributed by atoms with E-state index in [2.05, 4.69) is 10.3 Å². The molecule has 0 spiro atoms. The Hall–Kier alpha value is -0.610. The summed E-state index contributed by atoms with van der Waals surface area (Å²) in [5.41, 5.74) is 6.64. The van der Waals surface area contributed by atoms with Gasteiger partial charge in [0.05, 0.1) is 5.69 Å². The van der Waals surface area contributed by atoms with Gasteiger partial charge in [-0.05, 0) is 0 Å². The summed E-state index contributed by atoms with van der Waals surface area (Å²) < 4.78 is 0. The topological polar surface area (TPSA) is 50.9 Å². The van der Waals surface area contributed by atoms with Crippen LogP contribution in [-0.4, -0.2) is 18.1 Å². The molecule has 0 aliphatic carbocycles. The number of hydrogen-bond acceptors (Lipinski definition) is 4. The smallest absolute Gasteiger partial charge is 0.180 e. The summed E-state index contributed by atoms with van der Waals surface area (Å²) in [6, 6.07) is 0. The highest BCUT2D eigenvalue weighted by Gasteiger charge is 2.20. The van der Waals surface area contributed by atoms with E-state index in [-0.39, 0.29) is 0 Å². The zero-order chi connectivity index (χ0) is 6.97. The van der Waals surface area contributed by atoms with Gasteiger partial charge in [-0.3, -0.25) is 0 Å². The lowest BCUT2D eigenvalue weighted by molar-refractivity contribution is 0.441. The van der Waals surface area contributed by atoms with E-state index in [4.69, 9.17) is 5.73 Å². The molecule has 1 saturated heterocycles. The normalized spacial score (nSPS) is 18.8. The van der Waals surface area contributed by atoms with Crippen LogP contribution in [0.4, 0.5) is 5.13 Å². The van der Waals surface area contributed by atoms with Gasteiger partial charge >= 0.3 is 0 Å². The standard InChI is InChI=1S/C6H9N3S/c7-6-9-5(3-10-6)4-1-8-2-4/h3-4,8H,1-2H2,(H2,7,9). The van der Waals surface area contributed by atoms with Crippen molar-refractivity contribution in [3.63, 3.8) is 0 Å². The van der Waals surface area contributed by atoms with Crippen LogP contribution in [0.25, 0.3) is 0 Å². The third-order valence-corrected chi connectivity index (χ3v) is 2.43. The number of aromatic nitrogens is 1. The molecule has 2 rings (SSSR count). The quantitative estimate of drug-likeness (QED) is 0.617. The molecule has 0 atom stereocenters. The molecular formula is C6H9N3S. The molecule has 0 unspecified atom stereocenters. The fraction of sp³-hybridized carbons (Fsp3) is 0.500. The second-order valence-electron chi connectivity index (χ2n) is 2.47. The van der Waals surface area contributed by atoms with Gasteiger partial charge in [-0.2, -0.15) is 0 Å². The Morgan fingerprint density at radius 1 is 1.70 bits per heavy atom. The molecule has 2 heterocycles. The molecule has 3 N–H and O–H groups in total. The predicted octanol–water partition coefficient (Wildman–Crippen LogP) is 0.412. The Bertz CT molecular complexity index is 229. The molecule has 4 heteroatoms. The van der Waals surface area contributed by atoms with Gasteiger partial charge in [0.2, 0.25) is 0 Å². The van der Waals surface area contributed by atoms with Crippen LogP contribution in [0.3, 0.4) is 0 Å². The summed E-state index contributed by atoms with van der Waals surface area (Å²) in [7, 11) is 0. The van der Waals surface area contributed by atoms with Crippen molar-refractivity contribution in [2.75, 3.05) is 18.8 Å². The van der Waals surface area contributed by atoms with Gasteiger partial charge < -0.3 is 11.1 Å². The van der Waals surface area contributed by atoms with Crippen molar-refractivity contribution >= 4 is 16.5 Å². The molecular weight excluding hydrogens is 146 g/mol. The highest BCUT2D eigenvalue weighted by molar-refractivity contribution is 7.13. The Labute approximate surface area is 63.3 Å². The first-order valence-corrected chi connectivity index (χ1v) is 4.16. The van der Waals surface area contributed by atoms with Crippen molar-refractivity contribution < 1.29 is 0 Å². The lowest BCUT2D eigenvalue weighted by atomic mass is 10.0. The molecule has 1 aliphatic heterocycles. The van der Waals surface area contributed by atoms with E-state index in [1.165, 1.54) is 11.3 Å². The molecule has 0 saturated carbocycles. The predicted molar refractivity (Wildman–Crippen MR) is 42.1 cm³/mol. The lowest BCUT2D eigenvalue weighted by Crippen LogP contribution is -2.40. The summed E-state index contributed by atoms with van der Waals surface area (Å²) >= 11 is 1.52. The molecule has 1 aromatic rings. The van der Waals surface area contributed by atoms with Crippen LogP contribution < -0.4 is 11.1 Å². The molecule has 54 valence electrons. The lowest BCUT2D eigenvalue weighted by Gasteiger charge is -2.24. The van der Waals surface area contributed by atoms with Gasteiger partial charge in [-0.15, -0.1) is 11.3 Å². The van der Waals surface area contributed by atoms with E-state index in [0.717, 1.165) is 18.8 Å². The monoisotopic (exact) mass is 155 g/mol. The van der Waals surface area contributed by atoms with Gasteiger partial charge in [0.25, 0.3) is 0 Å². The minimum atomic E-state index is 0.619. The molecule has 1 fully saturated rings. The fourth-order valence-electron chi connectivity index (χ4n) is 0.986. The zero-order valence-corrected chi connectivity index (χ0v) is 6.32. The average molecular weight is 155 g/mol. The van der Waals surface area contributed by atoms with Gasteiger partial charge in [-0.25, -0.2) is 4.98 Å².